The molecule has 0 amide bonds. The molecule has 1 nitrogen and oxygen atoms in total. The smallest absolute Gasteiger partial charge is 0.00618 e. The first-order chi connectivity index (χ1) is 6.66. The summed E-state index contributed by atoms with van der Waals surface area (Å²) < 4.78 is 0. The maximum Gasteiger partial charge on any atom is 0.00618 e. The number of hydrogen-bond donors (Lipinski definition) is 1. The lowest BCUT2D eigenvalue weighted by Crippen LogP contribution is -2.35. The third kappa shape index (κ3) is 2.03. The first-order valence-corrected chi connectivity index (χ1v) is 6.08. The van der Waals surface area contributed by atoms with Crippen molar-refractivity contribution in [2.24, 2.45) is 23.7 Å². The average Bonchev–Trinajstić information content (AvgIpc) is 2.74. The van der Waals surface area contributed by atoms with Crippen LogP contribution in [0.2, 0.25) is 0 Å². The van der Waals surface area contributed by atoms with Crippen molar-refractivity contribution in [3.8, 4) is 0 Å². The Morgan fingerprint density at radius 2 is 2.00 bits per heavy atom. The summed E-state index contributed by atoms with van der Waals surface area (Å²) in [4.78, 5) is 0. The van der Waals surface area contributed by atoms with Gasteiger partial charge >= 0.3 is 0 Å². The molecular formula is C13H23N. The van der Waals surface area contributed by atoms with Crippen LogP contribution in [0.15, 0.2) is 12.2 Å². The molecule has 1 N–H and O–H groups in total. The molecule has 4 atom stereocenters. The summed E-state index contributed by atoms with van der Waals surface area (Å²) in [5.41, 5.74) is 0. The minimum atomic E-state index is 0.665. The predicted molar refractivity (Wildman–Crippen MR) is 61.1 cm³/mol. The zero-order valence-electron chi connectivity index (χ0n) is 9.66. The Balaban J connectivity index is 1.74. The maximum absolute atomic E-state index is 3.67. The Kier molecular flexibility index (Phi) is 2.96. The van der Waals surface area contributed by atoms with Crippen LogP contribution in [0.25, 0.3) is 0 Å². The summed E-state index contributed by atoms with van der Waals surface area (Å²) in [5.74, 6) is 3.49. The molecule has 0 aromatic carbocycles. The first-order valence-electron chi connectivity index (χ1n) is 6.08. The normalized spacial score (nSPS) is 37.0. The van der Waals surface area contributed by atoms with E-state index >= 15 is 0 Å². The van der Waals surface area contributed by atoms with Crippen molar-refractivity contribution in [1.82, 2.24) is 5.32 Å². The highest BCUT2D eigenvalue weighted by molar-refractivity contribution is 5.10. The Labute approximate surface area is 88.0 Å². The SMILES string of the molecule is CC(C)[C@@H](C)NC[C@@H]1C[C@H]2C=C[C@H]1C2. The predicted octanol–water partition coefficient (Wildman–Crippen LogP) is 2.83. The standard InChI is InChI=1S/C13H23N/c1-9(2)10(3)14-8-13-7-11-4-5-12(13)6-11/h4-5,9-14H,6-8H2,1-3H3/t10-,11+,12+,13+/m1/s1. The largest absolute Gasteiger partial charge is 0.314 e. The Morgan fingerprint density at radius 1 is 1.21 bits per heavy atom. The van der Waals surface area contributed by atoms with Gasteiger partial charge in [0.2, 0.25) is 0 Å². The Hall–Kier alpha value is -0.300. The van der Waals surface area contributed by atoms with Gasteiger partial charge in [-0.15, -0.1) is 0 Å². The van der Waals surface area contributed by atoms with E-state index in [9.17, 15) is 0 Å². The molecule has 0 radical (unpaired) electrons. The molecule has 0 heterocycles. The summed E-state index contributed by atoms with van der Waals surface area (Å²) in [6.45, 7) is 8.11. The van der Waals surface area contributed by atoms with Crippen LogP contribution in [0.1, 0.15) is 33.6 Å². The van der Waals surface area contributed by atoms with E-state index in [4.69, 9.17) is 0 Å². The van der Waals surface area contributed by atoms with Crippen LogP contribution in [0.3, 0.4) is 0 Å². The summed E-state index contributed by atoms with van der Waals surface area (Å²) in [6, 6.07) is 0.665. The van der Waals surface area contributed by atoms with Gasteiger partial charge in [-0.1, -0.05) is 26.0 Å². The molecule has 0 spiro atoms. The number of allylic oxidation sites excluding steroid dienone is 2. The van der Waals surface area contributed by atoms with Crippen molar-refractivity contribution in [2.75, 3.05) is 6.54 Å². The fourth-order valence-corrected chi connectivity index (χ4v) is 2.70. The fourth-order valence-electron chi connectivity index (χ4n) is 2.70. The van der Waals surface area contributed by atoms with Crippen molar-refractivity contribution in [3.05, 3.63) is 12.2 Å². The Morgan fingerprint density at radius 3 is 2.50 bits per heavy atom. The minimum absolute atomic E-state index is 0.665. The van der Waals surface area contributed by atoms with Crippen molar-refractivity contribution >= 4 is 0 Å². The molecular weight excluding hydrogens is 170 g/mol. The molecule has 0 aromatic heterocycles. The van der Waals surface area contributed by atoms with Crippen LogP contribution in [-0.4, -0.2) is 12.6 Å². The number of nitrogens with one attached hydrogen (secondary N) is 1. The van der Waals surface area contributed by atoms with Crippen LogP contribution < -0.4 is 5.32 Å². The molecule has 2 rings (SSSR count). The van der Waals surface area contributed by atoms with E-state index < -0.39 is 0 Å². The lowest BCUT2D eigenvalue weighted by molar-refractivity contribution is 0.352. The molecule has 1 heteroatoms. The van der Waals surface area contributed by atoms with Crippen molar-refractivity contribution < 1.29 is 0 Å². The van der Waals surface area contributed by atoms with E-state index in [0.717, 1.165) is 23.7 Å². The van der Waals surface area contributed by atoms with Gasteiger partial charge in [0.25, 0.3) is 0 Å². The monoisotopic (exact) mass is 193 g/mol. The highest BCUT2D eigenvalue weighted by Crippen LogP contribution is 2.42. The second-order valence-electron chi connectivity index (χ2n) is 5.48. The lowest BCUT2D eigenvalue weighted by atomic mass is 9.93. The number of rotatable bonds is 4. The zero-order valence-corrected chi connectivity index (χ0v) is 9.66. The topological polar surface area (TPSA) is 12.0 Å². The van der Waals surface area contributed by atoms with Gasteiger partial charge in [0.15, 0.2) is 0 Å². The van der Waals surface area contributed by atoms with Gasteiger partial charge in [0.05, 0.1) is 0 Å². The highest BCUT2D eigenvalue weighted by atomic mass is 14.9. The van der Waals surface area contributed by atoms with Crippen LogP contribution in [0.4, 0.5) is 0 Å². The quantitative estimate of drug-likeness (QED) is 0.677. The van der Waals surface area contributed by atoms with E-state index in [0.29, 0.717) is 6.04 Å². The molecule has 2 aliphatic rings. The van der Waals surface area contributed by atoms with Crippen molar-refractivity contribution in [2.45, 2.75) is 39.7 Å². The van der Waals surface area contributed by atoms with E-state index in [1.165, 1.54) is 19.4 Å². The molecule has 0 aliphatic heterocycles. The molecule has 0 aromatic rings. The van der Waals surface area contributed by atoms with Gasteiger partial charge in [-0.05, 0) is 50.0 Å². The van der Waals surface area contributed by atoms with Gasteiger partial charge in [-0.3, -0.25) is 0 Å². The molecule has 1 saturated carbocycles. The van der Waals surface area contributed by atoms with E-state index in [1.54, 1.807) is 0 Å². The van der Waals surface area contributed by atoms with E-state index in [-0.39, 0.29) is 0 Å². The van der Waals surface area contributed by atoms with Crippen LogP contribution in [-0.2, 0) is 0 Å². The van der Waals surface area contributed by atoms with Crippen molar-refractivity contribution in [1.29, 1.82) is 0 Å². The second kappa shape index (κ2) is 4.06. The molecule has 0 saturated heterocycles. The van der Waals surface area contributed by atoms with Crippen LogP contribution >= 0.6 is 0 Å². The maximum atomic E-state index is 3.67. The van der Waals surface area contributed by atoms with Gasteiger partial charge in [0.1, 0.15) is 0 Å². The number of fused-ring (bicyclic) bond motifs is 2. The van der Waals surface area contributed by atoms with Crippen LogP contribution in [0, 0.1) is 23.7 Å². The highest BCUT2D eigenvalue weighted by Gasteiger charge is 2.35. The molecule has 14 heavy (non-hydrogen) atoms. The minimum Gasteiger partial charge on any atom is -0.314 e. The second-order valence-corrected chi connectivity index (χ2v) is 5.48. The molecule has 2 bridgehead atoms. The number of hydrogen-bond acceptors (Lipinski definition) is 1. The fraction of sp³-hybridized carbons (Fsp3) is 0.846. The third-order valence-electron chi connectivity index (χ3n) is 4.12. The Bertz CT molecular complexity index is 219. The van der Waals surface area contributed by atoms with E-state index in [1.807, 2.05) is 0 Å². The summed E-state index contributed by atoms with van der Waals surface area (Å²) in [7, 11) is 0. The average molecular weight is 193 g/mol. The third-order valence-corrected chi connectivity index (χ3v) is 4.12. The summed E-state index contributed by atoms with van der Waals surface area (Å²) in [6.07, 6.45) is 7.73. The zero-order chi connectivity index (χ0) is 10.1. The van der Waals surface area contributed by atoms with E-state index in [2.05, 4.69) is 38.2 Å². The molecule has 80 valence electrons. The molecule has 2 aliphatic carbocycles. The van der Waals surface area contributed by atoms with Crippen LogP contribution in [0.5, 0.6) is 0 Å². The van der Waals surface area contributed by atoms with Gasteiger partial charge < -0.3 is 5.32 Å². The van der Waals surface area contributed by atoms with Gasteiger partial charge in [-0.2, -0.15) is 0 Å². The first kappa shape index (κ1) is 10.2. The van der Waals surface area contributed by atoms with Crippen molar-refractivity contribution in [3.63, 3.8) is 0 Å². The molecule has 1 fully saturated rings. The van der Waals surface area contributed by atoms with Gasteiger partial charge in [0, 0.05) is 6.04 Å². The summed E-state index contributed by atoms with van der Waals surface area (Å²) >= 11 is 0. The molecule has 0 unspecified atom stereocenters. The summed E-state index contributed by atoms with van der Waals surface area (Å²) in [5, 5.41) is 3.67. The van der Waals surface area contributed by atoms with Gasteiger partial charge in [-0.25, -0.2) is 0 Å². The lowest BCUT2D eigenvalue weighted by Gasteiger charge is -2.23.